The fourth-order valence-electron chi connectivity index (χ4n) is 2.29. The maximum absolute atomic E-state index is 11.4. The summed E-state index contributed by atoms with van der Waals surface area (Å²) in [6.07, 6.45) is 0. The number of nitrogens with zero attached hydrogens (tertiary/aromatic N) is 1. The van der Waals surface area contributed by atoms with E-state index in [1.54, 1.807) is 0 Å². The van der Waals surface area contributed by atoms with Gasteiger partial charge in [0.2, 0.25) is 0 Å². The molecule has 0 aromatic rings. The van der Waals surface area contributed by atoms with Gasteiger partial charge in [-0.1, -0.05) is 27.7 Å². The van der Waals surface area contributed by atoms with Crippen molar-refractivity contribution in [2.45, 2.75) is 33.7 Å². The lowest BCUT2D eigenvalue weighted by atomic mass is 10.0. The molecule has 0 amide bonds. The molecule has 0 saturated carbocycles. The summed E-state index contributed by atoms with van der Waals surface area (Å²) in [4.78, 5) is 2.51. The van der Waals surface area contributed by atoms with Crippen LogP contribution in [0.3, 0.4) is 0 Å². The molecule has 1 aliphatic heterocycles. The minimum absolute atomic E-state index is 0.566. The molecule has 0 aromatic heterocycles. The summed E-state index contributed by atoms with van der Waals surface area (Å²) >= 11 is 0. The number of hydrogen-bond donors (Lipinski definition) is 1. The molecule has 1 fully saturated rings. The van der Waals surface area contributed by atoms with Crippen molar-refractivity contribution in [2.24, 2.45) is 11.8 Å². The van der Waals surface area contributed by atoms with Gasteiger partial charge in [-0.15, -0.1) is 0 Å². The highest BCUT2D eigenvalue weighted by Crippen LogP contribution is 2.13. The number of rotatable bonds is 6. The molecule has 0 aliphatic carbocycles. The van der Waals surface area contributed by atoms with Crippen LogP contribution in [-0.2, 0) is 10.8 Å². The van der Waals surface area contributed by atoms with Crippen LogP contribution in [0, 0.1) is 11.8 Å². The van der Waals surface area contributed by atoms with E-state index in [4.69, 9.17) is 0 Å². The van der Waals surface area contributed by atoms with Gasteiger partial charge in [0, 0.05) is 48.0 Å². The molecule has 17 heavy (non-hydrogen) atoms. The van der Waals surface area contributed by atoms with Crippen LogP contribution in [0.1, 0.15) is 27.7 Å². The Morgan fingerprint density at radius 2 is 1.71 bits per heavy atom. The Kier molecular flexibility index (Phi) is 6.67. The number of nitrogens with one attached hydrogen (secondary N) is 1. The summed E-state index contributed by atoms with van der Waals surface area (Å²) in [5.74, 6) is 3.07. The molecule has 4 heteroatoms. The van der Waals surface area contributed by atoms with Crippen LogP contribution in [0.4, 0.5) is 0 Å². The van der Waals surface area contributed by atoms with E-state index in [0.717, 1.165) is 37.7 Å². The molecule has 3 nitrogen and oxygen atoms in total. The molecule has 1 atom stereocenters. The van der Waals surface area contributed by atoms with Crippen LogP contribution in [0.5, 0.6) is 0 Å². The van der Waals surface area contributed by atoms with Crippen molar-refractivity contribution in [1.82, 2.24) is 10.2 Å². The van der Waals surface area contributed by atoms with E-state index < -0.39 is 10.8 Å². The van der Waals surface area contributed by atoms with Gasteiger partial charge in [-0.3, -0.25) is 9.11 Å². The second kappa shape index (κ2) is 7.49. The topological polar surface area (TPSA) is 32.3 Å². The second-order valence-electron chi connectivity index (χ2n) is 5.75. The van der Waals surface area contributed by atoms with Crippen molar-refractivity contribution in [3.05, 3.63) is 0 Å². The Labute approximate surface area is 109 Å². The Balaban J connectivity index is 2.39. The lowest BCUT2D eigenvalue weighted by Crippen LogP contribution is -2.51. The van der Waals surface area contributed by atoms with Crippen LogP contribution in [-0.4, -0.2) is 52.8 Å². The molecular formula is C13H28N2OS. The Hall–Kier alpha value is 0.0700. The first-order chi connectivity index (χ1) is 8.00. The molecule has 1 rings (SSSR count). The van der Waals surface area contributed by atoms with E-state index in [1.165, 1.54) is 0 Å². The maximum atomic E-state index is 11.4. The molecule has 0 spiro atoms. The van der Waals surface area contributed by atoms with Gasteiger partial charge in [0.05, 0.1) is 0 Å². The van der Waals surface area contributed by atoms with Crippen LogP contribution in [0.25, 0.3) is 0 Å². The second-order valence-corrected chi connectivity index (χ2v) is 7.44. The molecule has 0 radical (unpaired) electrons. The first-order valence-corrected chi connectivity index (χ1v) is 8.29. The zero-order valence-corrected chi connectivity index (χ0v) is 12.6. The quantitative estimate of drug-likeness (QED) is 0.782. The minimum Gasteiger partial charge on any atom is -0.315 e. The van der Waals surface area contributed by atoms with Crippen molar-refractivity contribution < 1.29 is 4.21 Å². The van der Waals surface area contributed by atoms with Crippen LogP contribution >= 0.6 is 0 Å². The van der Waals surface area contributed by atoms with Crippen LogP contribution < -0.4 is 5.32 Å². The molecule has 1 saturated heterocycles. The first-order valence-electron chi connectivity index (χ1n) is 6.80. The fraction of sp³-hybridized carbons (Fsp3) is 1.00. The molecule has 1 N–H and O–H groups in total. The van der Waals surface area contributed by atoms with E-state index >= 15 is 0 Å². The van der Waals surface area contributed by atoms with Crippen molar-refractivity contribution in [3.63, 3.8) is 0 Å². The van der Waals surface area contributed by atoms with Gasteiger partial charge >= 0.3 is 0 Å². The van der Waals surface area contributed by atoms with Crippen molar-refractivity contribution >= 4 is 10.8 Å². The zero-order valence-electron chi connectivity index (χ0n) is 11.7. The third-order valence-electron chi connectivity index (χ3n) is 3.36. The van der Waals surface area contributed by atoms with E-state index in [9.17, 15) is 4.21 Å². The molecule has 1 heterocycles. The Morgan fingerprint density at radius 1 is 1.12 bits per heavy atom. The molecule has 0 aromatic carbocycles. The average molecular weight is 260 g/mol. The highest BCUT2D eigenvalue weighted by molar-refractivity contribution is 7.85. The van der Waals surface area contributed by atoms with Gasteiger partial charge in [-0.2, -0.15) is 0 Å². The molecule has 1 aliphatic rings. The monoisotopic (exact) mass is 260 g/mol. The third-order valence-corrected chi connectivity index (χ3v) is 4.63. The molecular weight excluding hydrogens is 232 g/mol. The van der Waals surface area contributed by atoms with Crippen molar-refractivity contribution in [1.29, 1.82) is 0 Å². The van der Waals surface area contributed by atoms with Gasteiger partial charge in [-0.25, -0.2) is 0 Å². The fourth-order valence-corrected chi connectivity index (χ4v) is 3.37. The first kappa shape index (κ1) is 15.1. The van der Waals surface area contributed by atoms with Gasteiger partial charge < -0.3 is 5.32 Å². The Morgan fingerprint density at radius 3 is 2.18 bits per heavy atom. The highest BCUT2D eigenvalue weighted by Gasteiger charge is 2.25. The van der Waals surface area contributed by atoms with Gasteiger partial charge in [0.1, 0.15) is 0 Å². The predicted octanol–water partition coefficient (Wildman–Crippen LogP) is 1.32. The van der Waals surface area contributed by atoms with Gasteiger partial charge in [0.15, 0.2) is 0 Å². The van der Waals surface area contributed by atoms with Crippen molar-refractivity contribution in [2.75, 3.05) is 37.7 Å². The molecule has 0 bridgehead atoms. The number of hydrogen-bond acceptors (Lipinski definition) is 3. The average Bonchev–Trinajstić information content (AvgIpc) is 2.25. The minimum atomic E-state index is -0.566. The van der Waals surface area contributed by atoms with Gasteiger partial charge in [0.25, 0.3) is 0 Å². The summed E-state index contributed by atoms with van der Waals surface area (Å²) in [6, 6.07) is 0.589. The summed E-state index contributed by atoms with van der Waals surface area (Å²) in [7, 11) is -0.566. The highest BCUT2D eigenvalue weighted by atomic mass is 32.2. The smallest absolute Gasteiger partial charge is 0.0363 e. The Bertz CT molecular complexity index is 234. The lowest BCUT2D eigenvalue weighted by molar-refractivity contribution is 0.164. The predicted molar refractivity (Wildman–Crippen MR) is 75.8 cm³/mol. The van der Waals surface area contributed by atoms with E-state index in [0.29, 0.717) is 17.9 Å². The summed E-state index contributed by atoms with van der Waals surface area (Å²) in [5, 5.41) is 3.56. The summed E-state index contributed by atoms with van der Waals surface area (Å²) < 4.78 is 11.4. The normalized spacial score (nSPS) is 21.3. The SMILES string of the molecule is CC(C)CNCC(C(C)C)N1CCS(=O)CC1. The standard InChI is InChI=1S/C13H28N2OS/c1-11(2)9-14-10-13(12(3)4)15-5-7-17(16)8-6-15/h11-14H,5-10H2,1-4H3. The summed E-state index contributed by atoms with van der Waals surface area (Å²) in [6.45, 7) is 13.2. The molecule has 102 valence electrons. The van der Waals surface area contributed by atoms with E-state index in [2.05, 4.69) is 37.9 Å². The zero-order chi connectivity index (χ0) is 12.8. The van der Waals surface area contributed by atoms with Crippen LogP contribution in [0.15, 0.2) is 0 Å². The third kappa shape index (κ3) is 5.49. The maximum Gasteiger partial charge on any atom is 0.0363 e. The largest absolute Gasteiger partial charge is 0.315 e. The summed E-state index contributed by atoms with van der Waals surface area (Å²) in [5.41, 5.74) is 0. The molecule has 1 unspecified atom stereocenters. The lowest BCUT2D eigenvalue weighted by Gasteiger charge is -2.37. The van der Waals surface area contributed by atoms with E-state index in [1.807, 2.05) is 0 Å². The van der Waals surface area contributed by atoms with Crippen LogP contribution in [0.2, 0.25) is 0 Å². The van der Waals surface area contributed by atoms with Crippen molar-refractivity contribution in [3.8, 4) is 0 Å². The van der Waals surface area contributed by atoms with Gasteiger partial charge in [-0.05, 0) is 18.4 Å². The van der Waals surface area contributed by atoms with E-state index in [-0.39, 0.29) is 0 Å².